The standard InChI is InChI=1S/C20H18N2O6/c21-17(23)12-27-16-3-1-2-13(10-16)11-28-20(26)14-4-6-15(7-5-14)22-18(24)8-9-19(22)25/h1-7,10H,8-9,11-12H2,(H2,21,23). The van der Waals surface area contributed by atoms with Crippen LogP contribution in [-0.2, 0) is 25.7 Å². The molecule has 1 fully saturated rings. The summed E-state index contributed by atoms with van der Waals surface area (Å²) in [5.74, 6) is -1.19. The zero-order valence-electron chi connectivity index (χ0n) is 14.9. The van der Waals surface area contributed by atoms with Crippen LogP contribution in [-0.4, -0.2) is 30.3 Å². The van der Waals surface area contributed by atoms with E-state index in [0.717, 1.165) is 4.90 Å². The monoisotopic (exact) mass is 382 g/mol. The lowest BCUT2D eigenvalue weighted by molar-refractivity contribution is -0.121. The largest absolute Gasteiger partial charge is 0.484 e. The Kier molecular flexibility index (Phi) is 5.69. The van der Waals surface area contributed by atoms with Crippen molar-refractivity contribution in [1.82, 2.24) is 0 Å². The number of carbonyl (C=O) groups is 4. The summed E-state index contributed by atoms with van der Waals surface area (Å²) in [6.07, 6.45) is 0.399. The van der Waals surface area contributed by atoms with E-state index in [1.54, 1.807) is 24.3 Å². The fourth-order valence-corrected chi connectivity index (χ4v) is 2.72. The number of hydrogen-bond acceptors (Lipinski definition) is 6. The second kappa shape index (κ2) is 8.34. The summed E-state index contributed by atoms with van der Waals surface area (Å²) in [5, 5.41) is 0. The predicted molar refractivity (Wildman–Crippen MR) is 98.4 cm³/mol. The maximum atomic E-state index is 12.2. The molecule has 0 saturated carbocycles. The van der Waals surface area contributed by atoms with Crippen LogP contribution in [0.1, 0.15) is 28.8 Å². The Balaban J connectivity index is 1.59. The van der Waals surface area contributed by atoms with E-state index in [-0.39, 0.29) is 37.9 Å². The van der Waals surface area contributed by atoms with Crippen molar-refractivity contribution in [3.8, 4) is 5.75 Å². The van der Waals surface area contributed by atoms with Gasteiger partial charge in [0.25, 0.3) is 5.91 Å². The first-order valence-electron chi connectivity index (χ1n) is 8.57. The Morgan fingerprint density at radius 3 is 2.32 bits per heavy atom. The van der Waals surface area contributed by atoms with Gasteiger partial charge in [-0.05, 0) is 42.0 Å². The van der Waals surface area contributed by atoms with E-state index in [1.165, 1.54) is 24.3 Å². The number of primary amides is 1. The normalized spacial score (nSPS) is 13.5. The second-order valence-electron chi connectivity index (χ2n) is 6.15. The minimum Gasteiger partial charge on any atom is -0.484 e. The lowest BCUT2D eigenvalue weighted by Crippen LogP contribution is -2.28. The van der Waals surface area contributed by atoms with Crippen LogP contribution < -0.4 is 15.4 Å². The first kappa shape index (κ1) is 19.1. The van der Waals surface area contributed by atoms with Crippen molar-refractivity contribution < 1.29 is 28.7 Å². The van der Waals surface area contributed by atoms with Crippen molar-refractivity contribution in [3.05, 3.63) is 59.7 Å². The molecule has 1 heterocycles. The Morgan fingerprint density at radius 2 is 1.68 bits per heavy atom. The zero-order chi connectivity index (χ0) is 20.1. The van der Waals surface area contributed by atoms with Crippen LogP contribution >= 0.6 is 0 Å². The Morgan fingerprint density at radius 1 is 1.00 bits per heavy atom. The van der Waals surface area contributed by atoms with Gasteiger partial charge >= 0.3 is 5.97 Å². The molecule has 28 heavy (non-hydrogen) atoms. The number of benzene rings is 2. The van der Waals surface area contributed by atoms with E-state index in [1.807, 2.05) is 0 Å². The molecule has 0 atom stereocenters. The third kappa shape index (κ3) is 4.53. The van der Waals surface area contributed by atoms with Gasteiger partial charge in [-0.3, -0.25) is 19.3 Å². The maximum Gasteiger partial charge on any atom is 0.338 e. The number of hydrogen-bond donors (Lipinski definition) is 1. The van der Waals surface area contributed by atoms with Crippen molar-refractivity contribution in [2.75, 3.05) is 11.5 Å². The number of imide groups is 1. The van der Waals surface area contributed by atoms with Gasteiger partial charge < -0.3 is 15.2 Å². The smallest absolute Gasteiger partial charge is 0.338 e. The fraction of sp³-hybridized carbons (Fsp3) is 0.200. The van der Waals surface area contributed by atoms with Crippen LogP contribution in [0.15, 0.2) is 48.5 Å². The SMILES string of the molecule is NC(=O)COc1cccc(COC(=O)c2ccc(N3C(=O)CCC3=O)cc2)c1. The van der Waals surface area contributed by atoms with Crippen LogP contribution in [0.25, 0.3) is 0 Å². The summed E-state index contributed by atoms with van der Waals surface area (Å²) in [6.45, 7) is -0.227. The van der Waals surface area contributed by atoms with Crippen LogP contribution in [0.5, 0.6) is 5.75 Å². The van der Waals surface area contributed by atoms with Gasteiger partial charge in [0.1, 0.15) is 12.4 Å². The highest BCUT2D eigenvalue weighted by molar-refractivity contribution is 6.19. The molecule has 2 N–H and O–H groups in total. The minimum absolute atomic E-state index is 0.0114. The van der Waals surface area contributed by atoms with Crippen molar-refractivity contribution in [2.45, 2.75) is 19.4 Å². The summed E-state index contributed by atoms with van der Waals surface area (Å²) >= 11 is 0. The quantitative estimate of drug-likeness (QED) is 0.574. The van der Waals surface area contributed by atoms with Gasteiger partial charge in [0.2, 0.25) is 11.8 Å². The van der Waals surface area contributed by atoms with Gasteiger partial charge in [0.05, 0.1) is 11.3 Å². The summed E-state index contributed by atoms with van der Waals surface area (Å²) in [7, 11) is 0. The van der Waals surface area contributed by atoms with E-state index in [2.05, 4.69) is 0 Å². The first-order valence-corrected chi connectivity index (χ1v) is 8.57. The fourth-order valence-electron chi connectivity index (χ4n) is 2.72. The van der Waals surface area contributed by atoms with E-state index in [0.29, 0.717) is 22.6 Å². The van der Waals surface area contributed by atoms with E-state index in [4.69, 9.17) is 15.2 Å². The zero-order valence-corrected chi connectivity index (χ0v) is 14.9. The van der Waals surface area contributed by atoms with Gasteiger partial charge in [-0.2, -0.15) is 0 Å². The van der Waals surface area contributed by atoms with Gasteiger partial charge in [0.15, 0.2) is 6.61 Å². The summed E-state index contributed by atoms with van der Waals surface area (Å²) in [4.78, 5) is 47.6. The third-order valence-electron chi connectivity index (χ3n) is 4.06. The summed E-state index contributed by atoms with van der Waals surface area (Å²) in [5.41, 5.74) is 6.44. The van der Waals surface area contributed by atoms with Crippen molar-refractivity contribution in [3.63, 3.8) is 0 Å². The molecule has 3 rings (SSSR count). The molecule has 1 aliphatic rings. The topological polar surface area (TPSA) is 116 Å². The number of ether oxygens (including phenoxy) is 2. The highest BCUT2D eigenvalue weighted by Crippen LogP contribution is 2.23. The number of anilines is 1. The molecule has 8 heteroatoms. The molecule has 1 aliphatic heterocycles. The molecule has 8 nitrogen and oxygen atoms in total. The number of rotatable bonds is 7. The molecule has 0 spiro atoms. The predicted octanol–water partition coefficient (Wildman–Crippen LogP) is 1.56. The van der Waals surface area contributed by atoms with Gasteiger partial charge in [-0.15, -0.1) is 0 Å². The number of nitrogens with two attached hydrogens (primary N) is 1. The van der Waals surface area contributed by atoms with E-state index in [9.17, 15) is 19.2 Å². The molecule has 0 radical (unpaired) electrons. The first-order chi connectivity index (χ1) is 13.4. The highest BCUT2D eigenvalue weighted by Gasteiger charge is 2.30. The van der Waals surface area contributed by atoms with Gasteiger partial charge in [-0.1, -0.05) is 12.1 Å². The lowest BCUT2D eigenvalue weighted by atomic mass is 10.2. The molecule has 0 bridgehead atoms. The minimum atomic E-state index is -0.586. The molecular formula is C20H18N2O6. The van der Waals surface area contributed by atoms with Gasteiger partial charge in [0, 0.05) is 12.8 Å². The molecular weight excluding hydrogens is 364 g/mol. The third-order valence-corrected chi connectivity index (χ3v) is 4.06. The summed E-state index contributed by atoms with van der Waals surface area (Å²) in [6, 6.07) is 12.8. The van der Waals surface area contributed by atoms with Gasteiger partial charge in [-0.25, -0.2) is 4.79 Å². The number of carbonyl (C=O) groups excluding carboxylic acids is 4. The van der Waals surface area contributed by atoms with Crippen molar-refractivity contribution in [2.24, 2.45) is 5.73 Å². The van der Waals surface area contributed by atoms with Crippen LogP contribution in [0.3, 0.4) is 0 Å². The highest BCUT2D eigenvalue weighted by atomic mass is 16.5. The molecule has 0 aromatic heterocycles. The van der Waals surface area contributed by atoms with Crippen molar-refractivity contribution >= 4 is 29.4 Å². The maximum absolute atomic E-state index is 12.2. The molecule has 3 amide bonds. The second-order valence-corrected chi connectivity index (χ2v) is 6.15. The molecule has 1 saturated heterocycles. The number of esters is 1. The Bertz CT molecular complexity index is 907. The van der Waals surface area contributed by atoms with E-state index < -0.39 is 11.9 Å². The molecule has 2 aromatic carbocycles. The lowest BCUT2D eigenvalue weighted by Gasteiger charge is -2.14. The Labute approximate surface area is 160 Å². The molecule has 144 valence electrons. The summed E-state index contributed by atoms with van der Waals surface area (Å²) < 4.78 is 10.5. The average molecular weight is 382 g/mol. The molecule has 0 unspecified atom stereocenters. The van der Waals surface area contributed by atoms with E-state index >= 15 is 0 Å². The molecule has 2 aromatic rings. The van der Waals surface area contributed by atoms with Crippen molar-refractivity contribution in [1.29, 1.82) is 0 Å². The Hall–Kier alpha value is -3.68. The average Bonchev–Trinajstić information content (AvgIpc) is 3.03. The van der Waals surface area contributed by atoms with Crippen LogP contribution in [0.4, 0.5) is 5.69 Å². The number of nitrogens with zero attached hydrogens (tertiary/aromatic N) is 1. The van der Waals surface area contributed by atoms with Crippen LogP contribution in [0.2, 0.25) is 0 Å². The molecule has 0 aliphatic carbocycles. The number of amides is 3. The van der Waals surface area contributed by atoms with Crippen LogP contribution in [0, 0.1) is 0 Å².